The highest BCUT2D eigenvalue weighted by molar-refractivity contribution is 5.28. The van der Waals surface area contributed by atoms with Crippen LogP contribution in [-0.4, -0.2) is 16.3 Å². The van der Waals surface area contributed by atoms with Gasteiger partial charge in [0.1, 0.15) is 0 Å². The maximum Gasteiger partial charge on any atom is 0.0534 e. The van der Waals surface area contributed by atoms with Gasteiger partial charge in [0.15, 0.2) is 0 Å². The zero-order valence-electron chi connectivity index (χ0n) is 11.4. The van der Waals surface area contributed by atoms with Crippen molar-refractivity contribution in [3.63, 3.8) is 0 Å². The van der Waals surface area contributed by atoms with E-state index < -0.39 is 0 Å². The molecule has 1 aromatic carbocycles. The highest BCUT2D eigenvalue weighted by Crippen LogP contribution is 2.16. The van der Waals surface area contributed by atoms with Crippen LogP contribution in [0.15, 0.2) is 36.7 Å². The molecule has 1 aromatic heterocycles. The lowest BCUT2D eigenvalue weighted by atomic mass is 10.0. The fraction of sp³-hybridized carbons (Fsp3) is 0.400. The average molecular weight is 243 g/mol. The average Bonchev–Trinajstić information content (AvgIpc) is 2.75. The first kappa shape index (κ1) is 12.8. The molecule has 1 atom stereocenters. The fourth-order valence-electron chi connectivity index (χ4n) is 2.17. The van der Waals surface area contributed by atoms with E-state index >= 15 is 0 Å². The smallest absolute Gasteiger partial charge is 0.0534 e. The van der Waals surface area contributed by atoms with Gasteiger partial charge in [-0.05, 0) is 37.5 Å². The third kappa shape index (κ3) is 3.20. The van der Waals surface area contributed by atoms with Crippen LogP contribution in [-0.2, 0) is 6.54 Å². The van der Waals surface area contributed by atoms with E-state index in [4.69, 9.17) is 0 Å². The summed E-state index contributed by atoms with van der Waals surface area (Å²) in [4.78, 5) is 0. The molecule has 18 heavy (non-hydrogen) atoms. The van der Waals surface area contributed by atoms with Crippen molar-refractivity contribution in [1.82, 2.24) is 15.1 Å². The Labute approximate surface area is 109 Å². The van der Waals surface area contributed by atoms with Gasteiger partial charge in [-0.2, -0.15) is 5.10 Å². The van der Waals surface area contributed by atoms with E-state index in [9.17, 15) is 0 Å². The number of aromatic nitrogens is 2. The summed E-state index contributed by atoms with van der Waals surface area (Å²) in [6, 6.07) is 8.90. The van der Waals surface area contributed by atoms with E-state index in [1.165, 1.54) is 16.7 Å². The molecule has 0 bridgehead atoms. The first-order valence-electron chi connectivity index (χ1n) is 6.45. The van der Waals surface area contributed by atoms with Crippen LogP contribution >= 0.6 is 0 Å². The molecule has 96 valence electrons. The van der Waals surface area contributed by atoms with Crippen molar-refractivity contribution < 1.29 is 0 Å². The Balaban J connectivity index is 1.85. The monoisotopic (exact) mass is 243 g/mol. The van der Waals surface area contributed by atoms with E-state index in [0.29, 0.717) is 6.04 Å². The number of nitrogens with one attached hydrogen (secondary N) is 1. The van der Waals surface area contributed by atoms with Crippen LogP contribution in [0.2, 0.25) is 0 Å². The van der Waals surface area contributed by atoms with Crippen LogP contribution < -0.4 is 5.32 Å². The molecule has 0 aliphatic rings. The summed E-state index contributed by atoms with van der Waals surface area (Å²) in [6.45, 7) is 8.26. The van der Waals surface area contributed by atoms with Crippen LogP contribution in [0.4, 0.5) is 0 Å². The maximum atomic E-state index is 4.28. The van der Waals surface area contributed by atoms with E-state index in [1.54, 1.807) is 0 Å². The van der Waals surface area contributed by atoms with Crippen LogP contribution in [0.3, 0.4) is 0 Å². The van der Waals surface area contributed by atoms with Gasteiger partial charge in [0.25, 0.3) is 0 Å². The van der Waals surface area contributed by atoms with Crippen LogP contribution in [0.1, 0.15) is 29.7 Å². The van der Waals surface area contributed by atoms with Crippen molar-refractivity contribution in [1.29, 1.82) is 0 Å². The first-order chi connectivity index (χ1) is 8.66. The van der Waals surface area contributed by atoms with Crippen molar-refractivity contribution in [2.24, 2.45) is 0 Å². The topological polar surface area (TPSA) is 29.9 Å². The van der Waals surface area contributed by atoms with E-state index in [2.05, 4.69) is 61.6 Å². The van der Waals surface area contributed by atoms with E-state index in [1.807, 2.05) is 10.9 Å². The van der Waals surface area contributed by atoms with Crippen molar-refractivity contribution in [2.75, 3.05) is 6.54 Å². The molecule has 3 nitrogen and oxygen atoms in total. The van der Waals surface area contributed by atoms with Gasteiger partial charge >= 0.3 is 0 Å². The molecule has 0 saturated heterocycles. The Bertz CT molecular complexity index is 502. The molecule has 0 amide bonds. The summed E-state index contributed by atoms with van der Waals surface area (Å²) in [5.74, 6) is 0. The number of hydrogen-bond donors (Lipinski definition) is 1. The zero-order chi connectivity index (χ0) is 13.0. The fourth-order valence-corrected chi connectivity index (χ4v) is 2.17. The second-order valence-corrected chi connectivity index (χ2v) is 4.81. The molecule has 1 unspecified atom stereocenters. The van der Waals surface area contributed by atoms with Crippen molar-refractivity contribution in [3.8, 4) is 0 Å². The lowest BCUT2D eigenvalue weighted by molar-refractivity contribution is 0.506. The highest BCUT2D eigenvalue weighted by atomic mass is 15.3. The molecule has 2 rings (SSSR count). The van der Waals surface area contributed by atoms with Gasteiger partial charge in [0, 0.05) is 18.8 Å². The van der Waals surface area contributed by atoms with Crippen molar-refractivity contribution in [2.45, 2.75) is 33.4 Å². The Morgan fingerprint density at radius 1 is 1.28 bits per heavy atom. The summed E-state index contributed by atoms with van der Waals surface area (Å²) in [5.41, 5.74) is 3.92. The molecule has 0 spiro atoms. The molecule has 0 radical (unpaired) electrons. The van der Waals surface area contributed by atoms with E-state index in [0.717, 1.165) is 13.1 Å². The third-order valence-electron chi connectivity index (χ3n) is 3.21. The lowest BCUT2D eigenvalue weighted by Crippen LogP contribution is -2.24. The highest BCUT2D eigenvalue weighted by Gasteiger charge is 2.06. The van der Waals surface area contributed by atoms with Gasteiger partial charge in [-0.1, -0.05) is 24.3 Å². The second kappa shape index (κ2) is 5.83. The summed E-state index contributed by atoms with van der Waals surface area (Å²) in [5, 5.41) is 7.82. The summed E-state index contributed by atoms with van der Waals surface area (Å²) >= 11 is 0. The normalized spacial score (nSPS) is 12.6. The van der Waals surface area contributed by atoms with Gasteiger partial charge < -0.3 is 5.32 Å². The van der Waals surface area contributed by atoms with Gasteiger partial charge in [0.05, 0.1) is 12.7 Å². The minimum Gasteiger partial charge on any atom is -0.308 e. The molecule has 3 heteroatoms. The van der Waals surface area contributed by atoms with Crippen LogP contribution in [0, 0.1) is 13.8 Å². The minimum absolute atomic E-state index is 0.378. The predicted octanol–water partition coefficient (Wildman–Crippen LogP) is 2.85. The summed E-state index contributed by atoms with van der Waals surface area (Å²) in [6.07, 6.45) is 3.96. The van der Waals surface area contributed by atoms with Gasteiger partial charge in [-0.3, -0.25) is 4.68 Å². The minimum atomic E-state index is 0.378. The number of benzene rings is 1. The molecule has 1 N–H and O–H groups in total. The molecule has 0 saturated carbocycles. The first-order valence-corrected chi connectivity index (χ1v) is 6.45. The third-order valence-corrected chi connectivity index (χ3v) is 3.21. The van der Waals surface area contributed by atoms with Crippen LogP contribution in [0.5, 0.6) is 0 Å². The Morgan fingerprint density at radius 3 is 2.72 bits per heavy atom. The van der Waals surface area contributed by atoms with Crippen molar-refractivity contribution >= 4 is 0 Å². The molecule has 2 aromatic rings. The molecule has 0 aliphatic carbocycles. The lowest BCUT2D eigenvalue weighted by Gasteiger charge is -2.16. The Hall–Kier alpha value is -1.61. The molecular formula is C15H21N3. The largest absolute Gasteiger partial charge is 0.308 e. The van der Waals surface area contributed by atoms with Crippen LogP contribution in [0.25, 0.3) is 0 Å². The number of aryl methyl sites for hydroxylation is 2. The maximum absolute atomic E-state index is 4.28. The molecule has 0 aliphatic heterocycles. The molecule has 0 fully saturated rings. The molecular weight excluding hydrogens is 222 g/mol. The van der Waals surface area contributed by atoms with E-state index in [-0.39, 0.29) is 0 Å². The summed E-state index contributed by atoms with van der Waals surface area (Å²) in [7, 11) is 0. The zero-order valence-corrected chi connectivity index (χ0v) is 11.4. The quantitative estimate of drug-likeness (QED) is 0.875. The van der Waals surface area contributed by atoms with Gasteiger partial charge in [-0.15, -0.1) is 0 Å². The number of nitrogens with zero attached hydrogens (tertiary/aromatic N) is 2. The standard InChI is InChI=1S/C15H21N3/c1-12-10-17-18(11-12)9-8-16-14(3)15-7-5-4-6-13(15)2/h4-7,10-11,14,16H,8-9H2,1-3H3. The molecule has 1 heterocycles. The second-order valence-electron chi connectivity index (χ2n) is 4.81. The number of rotatable bonds is 5. The number of hydrogen-bond acceptors (Lipinski definition) is 2. The Kier molecular flexibility index (Phi) is 4.15. The van der Waals surface area contributed by atoms with Gasteiger partial charge in [-0.25, -0.2) is 0 Å². The SMILES string of the molecule is Cc1cnn(CCNC(C)c2ccccc2C)c1. The Morgan fingerprint density at radius 2 is 2.06 bits per heavy atom. The summed E-state index contributed by atoms with van der Waals surface area (Å²) < 4.78 is 1.98. The predicted molar refractivity (Wildman–Crippen MR) is 74.6 cm³/mol. The van der Waals surface area contributed by atoms with Gasteiger partial charge in [0.2, 0.25) is 0 Å². The van der Waals surface area contributed by atoms with Crippen molar-refractivity contribution in [3.05, 3.63) is 53.3 Å².